The maximum Gasteiger partial charge on any atom is 0.335 e. The average molecular weight is 257 g/mol. The number of ether oxygens (including phenoxy) is 2. The molecule has 0 atom stereocenters. The third-order valence-electron chi connectivity index (χ3n) is 2.66. The van der Waals surface area contributed by atoms with E-state index in [0.717, 1.165) is 0 Å². The standard InChI is InChI=1S/C12H13ClO4/c1-12(5-16-6-12)7-17-10-3-2-8(11(14)15)4-9(10)13/h2-4H,5-7H2,1H3,(H,14,15). The summed E-state index contributed by atoms with van der Waals surface area (Å²) < 4.78 is 10.7. The van der Waals surface area contributed by atoms with E-state index in [1.54, 1.807) is 6.07 Å². The largest absolute Gasteiger partial charge is 0.491 e. The normalized spacial score (nSPS) is 17.3. The first kappa shape index (κ1) is 12.2. The third-order valence-corrected chi connectivity index (χ3v) is 2.95. The Bertz CT molecular complexity index is 440. The maximum atomic E-state index is 10.7. The maximum absolute atomic E-state index is 10.7. The van der Waals surface area contributed by atoms with Crippen molar-refractivity contribution in [3.63, 3.8) is 0 Å². The minimum atomic E-state index is -1.00. The number of aromatic carboxylic acids is 1. The molecule has 0 saturated carbocycles. The molecule has 0 aromatic heterocycles. The van der Waals surface area contributed by atoms with Gasteiger partial charge in [-0.2, -0.15) is 0 Å². The molecular formula is C12H13ClO4. The average Bonchev–Trinajstić information content (AvgIpc) is 2.24. The lowest BCUT2D eigenvalue weighted by Crippen LogP contribution is -2.44. The van der Waals surface area contributed by atoms with Gasteiger partial charge in [0, 0.05) is 5.41 Å². The van der Waals surface area contributed by atoms with Gasteiger partial charge in [0.2, 0.25) is 0 Å². The molecule has 2 rings (SSSR count). The van der Waals surface area contributed by atoms with Gasteiger partial charge in [-0.15, -0.1) is 0 Å². The van der Waals surface area contributed by atoms with Crippen LogP contribution in [-0.2, 0) is 4.74 Å². The Kier molecular flexibility index (Phi) is 3.26. The van der Waals surface area contributed by atoms with Gasteiger partial charge in [0.05, 0.1) is 30.4 Å². The van der Waals surface area contributed by atoms with Crippen molar-refractivity contribution in [1.29, 1.82) is 0 Å². The molecule has 17 heavy (non-hydrogen) atoms. The first-order chi connectivity index (χ1) is 8.00. The summed E-state index contributed by atoms with van der Waals surface area (Å²) in [5.74, 6) is -0.498. The minimum absolute atomic E-state index is 0.0365. The molecule has 1 aromatic rings. The van der Waals surface area contributed by atoms with Crippen molar-refractivity contribution in [2.75, 3.05) is 19.8 Å². The second-order valence-corrected chi connectivity index (χ2v) is 4.95. The lowest BCUT2D eigenvalue weighted by molar-refractivity contribution is -0.120. The summed E-state index contributed by atoms with van der Waals surface area (Å²) in [5, 5.41) is 9.10. The summed E-state index contributed by atoms with van der Waals surface area (Å²) in [5.41, 5.74) is 0.190. The highest BCUT2D eigenvalue weighted by molar-refractivity contribution is 6.32. The summed E-state index contributed by atoms with van der Waals surface area (Å²) >= 11 is 5.94. The van der Waals surface area contributed by atoms with E-state index in [1.807, 2.05) is 0 Å². The Morgan fingerprint density at radius 2 is 2.29 bits per heavy atom. The molecule has 1 aliphatic rings. The predicted molar refractivity (Wildman–Crippen MR) is 62.8 cm³/mol. The number of hydrogen-bond donors (Lipinski definition) is 1. The number of halogens is 1. The fraction of sp³-hybridized carbons (Fsp3) is 0.417. The third kappa shape index (κ3) is 2.70. The monoisotopic (exact) mass is 256 g/mol. The van der Waals surface area contributed by atoms with E-state index in [2.05, 4.69) is 6.92 Å². The lowest BCUT2D eigenvalue weighted by atomic mass is 9.90. The molecule has 1 saturated heterocycles. The van der Waals surface area contributed by atoms with Crippen LogP contribution in [0, 0.1) is 5.41 Å². The highest BCUT2D eigenvalue weighted by Gasteiger charge is 2.34. The van der Waals surface area contributed by atoms with Crippen molar-refractivity contribution in [1.82, 2.24) is 0 Å². The van der Waals surface area contributed by atoms with E-state index in [9.17, 15) is 4.79 Å². The molecule has 0 radical (unpaired) electrons. The van der Waals surface area contributed by atoms with Crippen LogP contribution in [0.2, 0.25) is 5.02 Å². The number of carbonyl (C=O) groups is 1. The predicted octanol–water partition coefficient (Wildman–Crippen LogP) is 2.45. The number of carboxylic acid groups (broad SMARTS) is 1. The number of hydrogen-bond acceptors (Lipinski definition) is 3. The zero-order valence-corrected chi connectivity index (χ0v) is 10.2. The molecule has 1 fully saturated rings. The van der Waals surface area contributed by atoms with Crippen LogP contribution in [0.4, 0.5) is 0 Å². The first-order valence-electron chi connectivity index (χ1n) is 5.24. The van der Waals surface area contributed by atoms with Crippen molar-refractivity contribution in [2.24, 2.45) is 5.41 Å². The van der Waals surface area contributed by atoms with Crippen LogP contribution in [0.1, 0.15) is 17.3 Å². The second kappa shape index (κ2) is 4.55. The molecule has 4 nitrogen and oxygen atoms in total. The van der Waals surface area contributed by atoms with Crippen molar-refractivity contribution in [3.05, 3.63) is 28.8 Å². The molecule has 0 spiro atoms. The van der Waals surface area contributed by atoms with E-state index >= 15 is 0 Å². The van der Waals surface area contributed by atoms with E-state index in [4.69, 9.17) is 26.2 Å². The molecule has 0 unspecified atom stereocenters. The Morgan fingerprint density at radius 3 is 2.76 bits per heavy atom. The molecule has 1 aromatic carbocycles. The Balaban J connectivity index is 2.03. The smallest absolute Gasteiger partial charge is 0.335 e. The topological polar surface area (TPSA) is 55.8 Å². The summed E-state index contributed by atoms with van der Waals surface area (Å²) in [4.78, 5) is 10.7. The zero-order chi connectivity index (χ0) is 12.5. The van der Waals surface area contributed by atoms with Gasteiger partial charge in [0.25, 0.3) is 0 Å². The van der Waals surface area contributed by atoms with Gasteiger partial charge in [-0.05, 0) is 18.2 Å². The van der Waals surface area contributed by atoms with E-state index in [0.29, 0.717) is 30.6 Å². The molecule has 1 N–H and O–H groups in total. The molecule has 5 heteroatoms. The Labute approximate surface area is 104 Å². The molecule has 0 amide bonds. The van der Waals surface area contributed by atoms with Crippen LogP contribution in [0.5, 0.6) is 5.75 Å². The van der Waals surface area contributed by atoms with Gasteiger partial charge in [-0.1, -0.05) is 18.5 Å². The summed E-state index contributed by atoms with van der Waals surface area (Å²) in [6, 6.07) is 4.44. The van der Waals surface area contributed by atoms with Gasteiger partial charge in [-0.3, -0.25) is 0 Å². The summed E-state index contributed by atoms with van der Waals surface area (Å²) in [6.45, 7) is 3.94. The van der Waals surface area contributed by atoms with Crippen LogP contribution >= 0.6 is 11.6 Å². The molecule has 1 heterocycles. The van der Waals surface area contributed by atoms with Crippen molar-refractivity contribution in [2.45, 2.75) is 6.92 Å². The SMILES string of the molecule is CC1(COc2ccc(C(=O)O)cc2Cl)COC1. The second-order valence-electron chi connectivity index (χ2n) is 4.54. The Hall–Kier alpha value is -1.26. The van der Waals surface area contributed by atoms with Crippen molar-refractivity contribution < 1.29 is 19.4 Å². The van der Waals surface area contributed by atoms with Crippen LogP contribution < -0.4 is 4.74 Å². The molecular weight excluding hydrogens is 244 g/mol. The number of benzene rings is 1. The zero-order valence-electron chi connectivity index (χ0n) is 9.40. The van der Waals surface area contributed by atoms with Crippen LogP contribution in [0.25, 0.3) is 0 Å². The van der Waals surface area contributed by atoms with Gasteiger partial charge < -0.3 is 14.6 Å². The van der Waals surface area contributed by atoms with Gasteiger partial charge >= 0.3 is 5.97 Å². The first-order valence-corrected chi connectivity index (χ1v) is 5.61. The van der Waals surface area contributed by atoms with Crippen molar-refractivity contribution >= 4 is 17.6 Å². The fourth-order valence-corrected chi connectivity index (χ4v) is 1.77. The van der Waals surface area contributed by atoms with Crippen LogP contribution in [-0.4, -0.2) is 30.9 Å². The highest BCUT2D eigenvalue weighted by Crippen LogP contribution is 2.30. The van der Waals surface area contributed by atoms with Crippen LogP contribution in [0.3, 0.4) is 0 Å². The molecule has 1 aliphatic heterocycles. The van der Waals surface area contributed by atoms with E-state index in [-0.39, 0.29) is 11.0 Å². The minimum Gasteiger partial charge on any atom is -0.491 e. The lowest BCUT2D eigenvalue weighted by Gasteiger charge is -2.37. The van der Waals surface area contributed by atoms with E-state index in [1.165, 1.54) is 12.1 Å². The number of carboxylic acids is 1. The molecule has 92 valence electrons. The van der Waals surface area contributed by atoms with E-state index < -0.39 is 5.97 Å². The fourth-order valence-electron chi connectivity index (χ4n) is 1.54. The summed E-state index contributed by atoms with van der Waals surface area (Å²) in [6.07, 6.45) is 0. The molecule has 0 aliphatic carbocycles. The Morgan fingerprint density at radius 1 is 1.59 bits per heavy atom. The van der Waals surface area contributed by atoms with Gasteiger partial charge in [0.15, 0.2) is 0 Å². The molecule has 0 bridgehead atoms. The van der Waals surface area contributed by atoms with Crippen molar-refractivity contribution in [3.8, 4) is 5.75 Å². The van der Waals surface area contributed by atoms with Crippen LogP contribution in [0.15, 0.2) is 18.2 Å². The number of rotatable bonds is 4. The summed E-state index contributed by atoms with van der Waals surface area (Å²) in [7, 11) is 0. The van der Waals surface area contributed by atoms with Gasteiger partial charge in [-0.25, -0.2) is 4.79 Å². The highest BCUT2D eigenvalue weighted by atomic mass is 35.5. The quantitative estimate of drug-likeness (QED) is 0.899. The van der Waals surface area contributed by atoms with Gasteiger partial charge in [0.1, 0.15) is 5.75 Å².